The molecule has 0 amide bonds. The number of carboxylic acid groups (broad SMARTS) is 1. The van der Waals surface area contributed by atoms with Crippen LogP contribution in [0.1, 0.15) is 18.9 Å². The van der Waals surface area contributed by atoms with Gasteiger partial charge in [-0.15, -0.1) is 0 Å². The smallest absolute Gasteiger partial charge is 0.334 e. The molecule has 2 N–H and O–H groups in total. The molecular weight excluding hydrogens is 257 g/mol. The zero-order chi connectivity index (χ0) is 14.6. The van der Waals surface area contributed by atoms with Gasteiger partial charge in [0.05, 0.1) is 0 Å². The maximum absolute atomic E-state index is 12.9. The lowest BCUT2D eigenvalue weighted by molar-refractivity contribution is -0.142. The molecule has 0 aliphatic heterocycles. The van der Waals surface area contributed by atoms with Gasteiger partial charge in [0.15, 0.2) is 5.54 Å². The predicted octanol–water partition coefficient (Wildman–Crippen LogP) is 3.63. The first kappa shape index (κ1) is 14.1. The molecule has 0 radical (unpaired) electrons. The maximum Gasteiger partial charge on any atom is 0.334 e. The van der Waals surface area contributed by atoms with Gasteiger partial charge in [0.2, 0.25) is 0 Å². The molecule has 1 atom stereocenters. The van der Waals surface area contributed by atoms with Crippen LogP contribution in [-0.4, -0.2) is 11.1 Å². The van der Waals surface area contributed by atoms with Gasteiger partial charge in [0.25, 0.3) is 0 Å². The van der Waals surface area contributed by atoms with E-state index in [0.29, 0.717) is 17.7 Å². The van der Waals surface area contributed by atoms with Crippen molar-refractivity contribution >= 4 is 11.7 Å². The number of aliphatic carboxylic acids is 1. The Morgan fingerprint density at radius 2 is 1.75 bits per heavy atom. The molecule has 2 aromatic rings. The predicted molar refractivity (Wildman–Crippen MR) is 76.1 cm³/mol. The van der Waals surface area contributed by atoms with Crippen molar-refractivity contribution in [3.05, 3.63) is 66.0 Å². The van der Waals surface area contributed by atoms with Crippen LogP contribution < -0.4 is 5.32 Å². The first-order valence-corrected chi connectivity index (χ1v) is 6.41. The summed E-state index contributed by atoms with van der Waals surface area (Å²) in [6.07, 6.45) is 0.365. The number of nitrogens with one attached hydrogen (secondary N) is 1. The van der Waals surface area contributed by atoms with Crippen molar-refractivity contribution in [3.8, 4) is 0 Å². The van der Waals surface area contributed by atoms with Crippen LogP contribution in [0.4, 0.5) is 10.1 Å². The average molecular weight is 273 g/mol. The molecule has 0 aliphatic carbocycles. The summed E-state index contributed by atoms with van der Waals surface area (Å²) in [5.74, 6) is -1.32. The summed E-state index contributed by atoms with van der Waals surface area (Å²) in [5, 5.41) is 12.7. The van der Waals surface area contributed by atoms with Crippen LogP contribution in [0.2, 0.25) is 0 Å². The Hall–Kier alpha value is -2.36. The van der Waals surface area contributed by atoms with Gasteiger partial charge in [-0.25, -0.2) is 9.18 Å². The van der Waals surface area contributed by atoms with Gasteiger partial charge in [-0.05, 0) is 36.2 Å². The Labute approximate surface area is 117 Å². The summed E-state index contributed by atoms with van der Waals surface area (Å²) >= 11 is 0. The summed E-state index contributed by atoms with van der Waals surface area (Å²) in [5.41, 5.74) is 0.0119. The first-order valence-electron chi connectivity index (χ1n) is 6.41. The Bertz CT molecular complexity index is 583. The van der Waals surface area contributed by atoms with Crippen LogP contribution in [0, 0.1) is 5.82 Å². The molecule has 20 heavy (non-hydrogen) atoms. The average Bonchev–Trinajstić information content (AvgIpc) is 2.47. The number of benzene rings is 2. The van der Waals surface area contributed by atoms with Gasteiger partial charge >= 0.3 is 5.97 Å². The molecular formula is C16H16FNO2. The summed E-state index contributed by atoms with van der Waals surface area (Å²) in [6.45, 7) is 1.80. The molecule has 0 saturated carbocycles. The Balaban J connectivity index is 2.42. The third-order valence-electron chi connectivity index (χ3n) is 3.36. The van der Waals surface area contributed by atoms with Gasteiger partial charge in [-0.3, -0.25) is 0 Å². The number of hydrogen-bond acceptors (Lipinski definition) is 2. The summed E-state index contributed by atoms with van der Waals surface area (Å²) < 4.78 is 12.9. The Kier molecular flexibility index (Phi) is 4.03. The van der Waals surface area contributed by atoms with Crippen LogP contribution in [-0.2, 0) is 10.3 Å². The molecule has 2 aromatic carbocycles. The minimum atomic E-state index is -1.22. The first-order chi connectivity index (χ1) is 9.58. The Morgan fingerprint density at radius 1 is 1.15 bits per heavy atom. The molecule has 0 heterocycles. The van der Waals surface area contributed by atoms with E-state index in [1.54, 1.807) is 31.2 Å². The van der Waals surface area contributed by atoms with Gasteiger partial charge in [0.1, 0.15) is 5.82 Å². The number of halogens is 1. The monoisotopic (exact) mass is 273 g/mol. The highest BCUT2D eigenvalue weighted by atomic mass is 19.1. The van der Waals surface area contributed by atoms with Gasteiger partial charge in [0, 0.05) is 5.69 Å². The van der Waals surface area contributed by atoms with Crippen LogP contribution in [0.5, 0.6) is 0 Å². The van der Waals surface area contributed by atoms with E-state index in [-0.39, 0.29) is 5.82 Å². The van der Waals surface area contributed by atoms with Gasteiger partial charge in [-0.2, -0.15) is 0 Å². The van der Waals surface area contributed by atoms with Crippen LogP contribution in [0.3, 0.4) is 0 Å². The number of rotatable bonds is 5. The molecule has 3 nitrogen and oxygen atoms in total. The van der Waals surface area contributed by atoms with E-state index < -0.39 is 11.5 Å². The fourth-order valence-electron chi connectivity index (χ4n) is 2.20. The second-order valence-electron chi connectivity index (χ2n) is 4.56. The lowest BCUT2D eigenvalue weighted by atomic mass is 9.87. The van der Waals surface area contributed by atoms with E-state index in [4.69, 9.17) is 0 Å². The quantitative estimate of drug-likeness (QED) is 0.874. The van der Waals surface area contributed by atoms with Crippen molar-refractivity contribution in [1.29, 1.82) is 0 Å². The van der Waals surface area contributed by atoms with Crippen molar-refractivity contribution in [3.63, 3.8) is 0 Å². The molecule has 1 unspecified atom stereocenters. The third kappa shape index (κ3) is 2.64. The second kappa shape index (κ2) is 5.74. The molecule has 0 spiro atoms. The highest BCUT2D eigenvalue weighted by molar-refractivity contribution is 5.84. The minimum absolute atomic E-state index is 0.354. The molecule has 0 fully saturated rings. The largest absolute Gasteiger partial charge is 0.479 e. The number of carbonyl (C=O) groups is 1. The van der Waals surface area contributed by atoms with E-state index in [9.17, 15) is 14.3 Å². The zero-order valence-electron chi connectivity index (χ0n) is 11.1. The summed E-state index contributed by atoms with van der Waals surface area (Å²) in [7, 11) is 0. The number of anilines is 1. The third-order valence-corrected chi connectivity index (χ3v) is 3.36. The zero-order valence-corrected chi connectivity index (χ0v) is 11.1. The molecule has 0 aliphatic rings. The van der Waals surface area contributed by atoms with Crippen LogP contribution in [0.25, 0.3) is 0 Å². The standard InChI is InChI=1S/C16H16FNO2/c1-2-16(15(19)20,12-6-4-3-5-7-12)18-14-10-8-13(17)9-11-14/h3-11,18H,2H2,1H3,(H,19,20). The SMILES string of the molecule is CCC(Nc1ccc(F)cc1)(C(=O)O)c1ccccc1. The summed E-state index contributed by atoms with van der Waals surface area (Å²) in [6, 6.07) is 14.7. The second-order valence-corrected chi connectivity index (χ2v) is 4.56. The molecule has 2 rings (SSSR count). The molecule has 0 saturated heterocycles. The van der Waals surface area contributed by atoms with Gasteiger partial charge < -0.3 is 10.4 Å². The van der Waals surface area contributed by atoms with Crippen LogP contribution >= 0.6 is 0 Å². The van der Waals surface area contributed by atoms with Gasteiger partial charge in [-0.1, -0.05) is 37.3 Å². The minimum Gasteiger partial charge on any atom is -0.479 e. The lowest BCUT2D eigenvalue weighted by Crippen LogP contribution is -2.42. The van der Waals surface area contributed by atoms with E-state index in [0.717, 1.165) is 0 Å². The van der Waals surface area contributed by atoms with E-state index >= 15 is 0 Å². The molecule has 4 heteroatoms. The van der Waals surface area contributed by atoms with E-state index in [1.807, 2.05) is 6.07 Å². The van der Waals surface area contributed by atoms with Crippen LogP contribution in [0.15, 0.2) is 54.6 Å². The highest BCUT2D eigenvalue weighted by Gasteiger charge is 2.38. The molecule has 104 valence electrons. The van der Waals surface area contributed by atoms with Crippen molar-refractivity contribution in [2.24, 2.45) is 0 Å². The maximum atomic E-state index is 12.9. The summed E-state index contributed by atoms with van der Waals surface area (Å²) in [4.78, 5) is 11.8. The number of carboxylic acids is 1. The van der Waals surface area contributed by atoms with E-state index in [1.165, 1.54) is 24.3 Å². The van der Waals surface area contributed by atoms with Crippen molar-refractivity contribution in [1.82, 2.24) is 0 Å². The fourth-order valence-corrected chi connectivity index (χ4v) is 2.20. The molecule has 0 bridgehead atoms. The Morgan fingerprint density at radius 3 is 2.25 bits per heavy atom. The number of hydrogen-bond donors (Lipinski definition) is 2. The fraction of sp³-hybridized carbons (Fsp3) is 0.188. The normalized spacial score (nSPS) is 13.5. The van der Waals surface area contributed by atoms with E-state index in [2.05, 4.69) is 5.32 Å². The lowest BCUT2D eigenvalue weighted by Gasteiger charge is -2.31. The topological polar surface area (TPSA) is 49.3 Å². The molecule has 0 aromatic heterocycles. The van der Waals surface area contributed by atoms with Crippen molar-refractivity contribution in [2.75, 3.05) is 5.32 Å². The van der Waals surface area contributed by atoms with Crippen molar-refractivity contribution in [2.45, 2.75) is 18.9 Å². The highest BCUT2D eigenvalue weighted by Crippen LogP contribution is 2.30. The van der Waals surface area contributed by atoms with Crippen molar-refractivity contribution < 1.29 is 14.3 Å².